The summed E-state index contributed by atoms with van der Waals surface area (Å²) >= 11 is 0. The summed E-state index contributed by atoms with van der Waals surface area (Å²) in [5.74, 6) is 5.48. The van der Waals surface area contributed by atoms with Gasteiger partial charge in [0, 0.05) is 7.05 Å². The van der Waals surface area contributed by atoms with E-state index in [4.69, 9.17) is 5.84 Å². The molecular formula is C16H20N2O. The van der Waals surface area contributed by atoms with E-state index in [-0.39, 0.29) is 5.91 Å². The van der Waals surface area contributed by atoms with Crippen molar-refractivity contribution in [3.8, 4) is 0 Å². The number of hydrogen-bond donors (Lipinski definition) is 1. The number of nitrogens with two attached hydrogens (primary N) is 1. The Kier molecular flexibility index (Phi) is 3.33. The monoisotopic (exact) mass is 256 g/mol. The van der Waals surface area contributed by atoms with E-state index in [9.17, 15) is 4.79 Å². The molecule has 0 fully saturated rings. The first-order valence-electron chi connectivity index (χ1n) is 6.36. The zero-order chi connectivity index (χ0) is 14.2. The van der Waals surface area contributed by atoms with Crippen LogP contribution in [0.2, 0.25) is 0 Å². The molecule has 0 atom stereocenters. The third-order valence-corrected chi connectivity index (χ3v) is 3.57. The van der Waals surface area contributed by atoms with Crippen LogP contribution in [0.5, 0.6) is 0 Å². The number of hydrazine groups is 1. The molecule has 0 aliphatic carbocycles. The number of carbonyl (C=O) groups is 1. The third-order valence-electron chi connectivity index (χ3n) is 3.57. The Bertz CT molecular complexity index is 630. The lowest BCUT2D eigenvalue weighted by atomic mass is 9.82. The van der Waals surface area contributed by atoms with Gasteiger partial charge < -0.3 is 0 Å². The standard InChI is InChI=1S/C16H20N2O/c1-11-5-6-13-10-14(8-7-12(13)9-11)16(2,3)15(19)18(4)17/h5-10H,17H2,1-4H3. The van der Waals surface area contributed by atoms with Crippen LogP contribution in [0.15, 0.2) is 36.4 Å². The van der Waals surface area contributed by atoms with Crippen molar-refractivity contribution in [2.24, 2.45) is 5.84 Å². The number of rotatable bonds is 2. The molecule has 0 radical (unpaired) electrons. The highest BCUT2D eigenvalue weighted by atomic mass is 16.2. The van der Waals surface area contributed by atoms with E-state index < -0.39 is 5.41 Å². The van der Waals surface area contributed by atoms with Crippen LogP contribution in [-0.4, -0.2) is 18.0 Å². The van der Waals surface area contributed by atoms with Crippen molar-refractivity contribution < 1.29 is 4.79 Å². The van der Waals surface area contributed by atoms with Gasteiger partial charge in [-0.15, -0.1) is 0 Å². The number of likely N-dealkylation sites (N-methyl/N-ethyl adjacent to an activating group) is 1. The molecule has 0 aliphatic rings. The fourth-order valence-electron chi connectivity index (χ4n) is 2.32. The number of fused-ring (bicyclic) bond motifs is 1. The zero-order valence-electron chi connectivity index (χ0n) is 11.9. The van der Waals surface area contributed by atoms with Crippen molar-refractivity contribution in [1.29, 1.82) is 0 Å². The van der Waals surface area contributed by atoms with E-state index in [0.29, 0.717) is 0 Å². The van der Waals surface area contributed by atoms with Gasteiger partial charge in [0.15, 0.2) is 0 Å². The van der Waals surface area contributed by atoms with Gasteiger partial charge in [0.05, 0.1) is 5.41 Å². The molecule has 2 aromatic rings. The third kappa shape index (κ3) is 2.47. The molecule has 0 aliphatic heterocycles. The highest BCUT2D eigenvalue weighted by Crippen LogP contribution is 2.28. The van der Waals surface area contributed by atoms with Crippen LogP contribution in [-0.2, 0) is 10.2 Å². The Morgan fingerprint density at radius 3 is 2.32 bits per heavy atom. The van der Waals surface area contributed by atoms with Crippen LogP contribution in [0, 0.1) is 6.92 Å². The number of aryl methyl sites for hydroxylation is 1. The van der Waals surface area contributed by atoms with Crippen LogP contribution in [0.25, 0.3) is 10.8 Å². The van der Waals surface area contributed by atoms with Gasteiger partial charge in [0.1, 0.15) is 0 Å². The first kappa shape index (κ1) is 13.6. The average molecular weight is 256 g/mol. The maximum Gasteiger partial charge on any atom is 0.246 e. The quantitative estimate of drug-likeness (QED) is 0.510. The van der Waals surface area contributed by atoms with Gasteiger partial charge in [-0.25, -0.2) is 5.84 Å². The minimum absolute atomic E-state index is 0.0982. The number of nitrogens with zero attached hydrogens (tertiary/aromatic N) is 1. The molecule has 0 aromatic heterocycles. The lowest BCUT2D eigenvalue weighted by molar-refractivity contribution is -0.135. The molecule has 100 valence electrons. The summed E-state index contributed by atoms with van der Waals surface area (Å²) in [6.45, 7) is 5.87. The molecule has 19 heavy (non-hydrogen) atoms. The molecule has 2 N–H and O–H groups in total. The van der Waals surface area contributed by atoms with Crippen molar-refractivity contribution >= 4 is 16.7 Å². The van der Waals surface area contributed by atoms with E-state index >= 15 is 0 Å². The van der Waals surface area contributed by atoms with Gasteiger partial charge >= 0.3 is 0 Å². The summed E-state index contributed by atoms with van der Waals surface area (Å²) < 4.78 is 0. The van der Waals surface area contributed by atoms with E-state index in [1.54, 1.807) is 7.05 Å². The summed E-state index contributed by atoms with van der Waals surface area (Å²) in [4.78, 5) is 12.2. The van der Waals surface area contributed by atoms with Crippen LogP contribution in [0.1, 0.15) is 25.0 Å². The number of carbonyl (C=O) groups excluding carboxylic acids is 1. The van der Waals surface area contributed by atoms with Gasteiger partial charge in [-0.05, 0) is 37.1 Å². The highest BCUT2D eigenvalue weighted by molar-refractivity contribution is 5.90. The van der Waals surface area contributed by atoms with E-state index in [2.05, 4.69) is 37.3 Å². The molecule has 0 bridgehead atoms. The molecule has 2 rings (SSSR count). The predicted molar refractivity (Wildman–Crippen MR) is 78.7 cm³/mol. The van der Waals surface area contributed by atoms with Crippen molar-refractivity contribution in [3.63, 3.8) is 0 Å². The Hall–Kier alpha value is -1.87. The largest absolute Gasteiger partial charge is 0.283 e. The second-order valence-corrected chi connectivity index (χ2v) is 5.61. The average Bonchev–Trinajstić information content (AvgIpc) is 2.36. The smallest absolute Gasteiger partial charge is 0.246 e. The normalized spacial score (nSPS) is 11.6. The topological polar surface area (TPSA) is 46.3 Å². The summed E-state index contributed by atoms with van der Waals surface area (Å²) in [7, 11) is 1.58. The molecule has 0 spiro atoms. The van der Waals surface area contributed by atoms with Gasteiger partial charge in [-0.2, -0.15) is 0 Å². The van der Waals surface area contributed by atoms with Gasteiger partial charge in [-0.3, -0.25) is 9.80 Å². The second kappa shape index (κ2) is 4.67. The van der Waals surface area contributed by atoms with E-state index in [1.807, 2.05) is 19.9 Å². The van der Waals surface area contributed by atoms with Crippen molar-refractivity contribution in [3.05, 3.63) is 47.5 Å². The van der Waals surface area contributed by atoms with Gasteiger partial charge in [0.25, 0.3) is 0 Å². The molecule has 0 saturated heterocycles. The van der Waals surface area contributed by atoms with Crippen molar-refractivity contribution in [1.82, 2.24) is 5.01 Å². The highest BCUT2D eigenvalue weighted by Gasteiger charge is 2.31. The lowest BCUT2D eigenvalue weighted by Crippen LogP contribution is -2.44. The van der Waals surface area contributed by atoms with Crippen molar-refractivity contribution in [2.45, 2.75) is 26.2 Å². The summed E-state index contributed by atoms with van der Waals surface area (Å²) in [6, 6.07) is 12.4. The molecule has 1 amide bonds. The molecule has 3 heteroatoms. The number of benzene rings is 2. The predicted octanol–water partition coefficient (Wildman–Crippen LogP) is 2.76. The minimum Gasteiger partial charge on any atom is -0.283 e. The van der Waals surface area contributed by atoms with Gasteiger partial charge in [0.2, 0.25) is 5.91 Å². The Balaban J connectivity index is 2.51. The van der Waals surface area contributed by atoms with Crippen LogP contribution < -0.4 is 5.84 Å². The van der Waals surface area contributed by atoms with Crippen LogP contribution in [0.4, 0.5) is 0 Å². The fourth-order valence-corrected chi connectivity index (χ4v) is 2.32. The maximum atomic E-state index is 12.2. The SMILES string of the molecule is Cc1ccc2cc(C(C)(C)C(=O)N(C)N)ccc2c1. The summed E-state index contributed by atoms with van der Waals surface area (Å²) in [5, 5.41) is 3.48. The number of hydrogen-bond acceptors (Lipinski definition) is 2. The molecule has 0 saturated carbocycles. The fraction of sp³-hybridized carbons (Fsp3) is 0.312. The van der Waals surface area contributed by atoms with Gasteiger partial charge in [-0.1, -0.05) is 42.0 Å². The van der Waals surface area contributed by atoms with E-state index in [1.165, 1.54) is 10.9 Å². The summed E-state index contributed by atoms with van der Waals surface area (Å²) in [5.41, 5.74) is 1.59. The minimum atomic E-state index is -0.622. The molecule has 0 unspecified atom stereocenters. The molecule has 2 aromatic carbocycles. The van der Waals surface area contributed by atoms with E-state index in [0.717, 1.165) is 16.0 Å². The Morgan fingerprint density at radius 1 is 1.11 bits per heavy atom. The molecule has 3 nitrogen and oxygen atoms in total. The Labute approximate surface area is 114 Å². The van der Waals surface area contributed by atoms with Crippen LogP contribution >= 0.6 is 0 Å². The maximum absolute atomic E-state index is 12.2. The van der Waals surface area contributed by atoms with Crippen LogP contribution in [0.3, 0.4) is 0 Å². The second-order valence-electron chi connectivity index (χ2n) is 5.61. The number of amides is 1. The molecule has 0 heterocycles. The summed E-state index contributed by atoms with van der Waals surface area (Å²) in [6.07, 6.45) is 0. The zero-order valence-corrected chi connectivity index (χ0v) is 11.9. The first-order valence-corrected chi connectivity index (χ1v) is 6.36. The first-order chi connectivity index (χ1) is 8.82. The lowest BCUT2D eigenvalue weighted by Gasteiger charge is -2.27. The molecular weight excluding hydrogens is 236 g/mol. The Morgan fingerprint density at radius 2 is 1.68 bits per heavy atom. The van der Waals surface area contributed by atoms with Crippen molar-refractivity contribution in [2.75, 3.05) is 7.05 Å².